The molecule has 0 radical (unpaired) electrons. The number of nitrogens with zero attached hydrogens (tertiary/aromatic N) is 1. The Bertz CT molecular complexity index is 458. The number of carboxylic acid groups (broad SMARTS) is 1. The van der Waals surface area contributed by atoms with Gasteiger partial charge in [-0.15, -0.1) is 0 Å². The molecule has 0 aliphatic carbocycles. The molecule has 1 unspecified atom stereocenters. The Hall–Kier alpha value is -2.04. The predicted octanol–water partition coefficient (Wildman–Crippen LogP) is 1.66. The zero-order chi connectivity index (χ0) is 12.4. The second-order valence-corrected chi connectivity index (χ2v) is 3.76. The normalized spacial score (nSPS) is 17.7. The maximum absolute atomic E-state index is 11.8. The number of carbonyl (C=O) groups is 2. The lowest BCUT2D eigenvalue weighted by Crippen LogP contribution is -2.43. The lowest BCUT2D eigenvalue weighted by atomic mass is 10.1. The number of para-hydroxylation sites is 1. The first-order valence-electron chi connectivity index (χ1n) is 5.42. The van der Waals surface area contributed by atoms with E-state index in [0.717, 1.165) is 5.56 Å². The summed E-state index contributed by atoms with van der Waals surface area (Å²) in [5.41, 5.74) is 1.48. The van der Waals surface area contributed by atoms with Crippen LogP contribution in [0.3, 0.4) is 0 Å². The van der Waals surface area contributed by atoms with Crippen molar-refractivity contribution >= 4 is 17.7 Å². The van der Waals surface area contributed by atoms with Crippen molar-refractivity contribution in [2.75, 3.05) is 11.5 Å². The highest BCUT2D eigenvalue weighted by Gasteiger charge is 2.39. The van der Waals surface area contributed by atoms with Gasteiger partial charge in [-0.1, -0.05) is 18.2 Å². The Labute approximate surface area is 98.6 Å². The van der Waals surface area contributed by atoms with Crippen LogP contribution in [0.1, 0.15) is 12.5 Å². The molecule has 1 N–H and O–H groups in total. The Morgan fingerprint density at radius 3 is 2.82 bits per heavy atom. The van der Waals surface area contributed by atoms with Gasteiger partial charge in [0.2, 0.25) is 0 Å². The van der Waals surface area contributed by atoms with Crippen LogP contribution in [-0.2, 0) is 16.0 Å². The van der Waals surface area contributed by atoms with E-state index in [4.69, 9.17) is 9.84 Å². The summed E-state index contributed by atoms with van der Waals surface area (Å²) in [6, 6.07) is 6.29. The molecule has 1 aliphatic rings. The molecule has 5 nitrogen and oxygen atoms in total. The molecule has 1 amide bonds. The summed E-state index contributed by atoms with van der Waals surface area (Å²) in [6.07, 6.45) is -0.283. The minimum absolute atomic E-state index is 0.226. The van der Waals surface area contributed by atoms with Gasteiger partial charge in [0, 0.05) is 6.42 Å². The molecule has 0 aromatic heterocycles. The highest BCUT2D eigenvalue weighted by Crippen LogP contribution is 2.32. The maximum Gasteiger partial charge on any atom is 0.415 e. The minimum Gasteiger partial charge on any atom is -0.480 e. The van der Waals surface area contributed by atoms with Gasteiger partial charge in [0.25, 0.3) is 0 Å². The fraction of sp³-hybridized carbons (Fsp3) is 0.333. The van der Waals surface area contributed by atoms with Crippen LogP contribution < -0.4 is 4.90 Å². The van der Waals surface area contributed by atoms with Crippen LogP contribution in [0.15, 0.2) is 24.3 Å². The topological polar surface area (TPSA) is 66.8 Å². The van der Waals surface area contributed by atoms with Crippen LogP contribution in [0, 0.1) is 0 Å². The van der Waals surface area contributed by atoms with E-state index >= 15 is 0 Å². The van der Waals surface area contributed by atoms with Gasteiger partial charge in [-0.3, -0.25) is 4.90 Å². The summed E-state index contributed by atoms with van der Waals surface area (Å²) >= 11 is 0. The molecule has 0 saturated heterocycles. The SMILES string of the molecule is CCOC(=O)N1c2ccccc2CC1C(=O)O. The predicted molar refractivity (Wildman–Crippen MR) is 61.1 cm³/mol. The molecule has 1 aliphatic heterocycles. The monoisotopic (exact) mass is 235 g/mol. The highest BCUT2D eigenvalue weighted by molar-refractivity contribution is 5.98. The largest absolute Gasteiger partial charge is 0.480 e. The van der Waals surface area contributed by atoms with Crippen molar-refractivity contribution in [3.05, 3.63) is 29.8 Å². The number of hydrogen-bond acceptors (Lipinski definition) is 3. The van der Waals surface area contributed by atoms with Crippen LogP contribution in [0.2, 0.25) is 0 Å². The van der Waals surface area contributed by atoms with Gasteiger partial charge in [-0.05, 0) is 18.6 Å². The average molecular weight is 235 g/mol. The lowest BCUT2D eigenvalue weighted by Gasteiger charge is -2.21. The van der Waals surface area contributed by atoms with E-state index in [1.54, 1.807) is 19.1 Å². The lowest BCUT2D eigenvalue weighted by molar-refractivity contribution is -0.138. The van der Waals surface area contributed by atoms with Gasteiger partial charge in [-0.2, -0.15) is 0 Å². The van der Waals surface area contributed by atoms with Crippen LogP contribution in [0.5, 0.6) is 0 Å². The third-order valence-electron chi connectivity index (χ3n) is 2.73. The first-order valence-corrected chi connectivity index (χ1v) is 5.42. The molecule has 1 atom stereocenters. The molecule has 0 fully saturated rings. The third-order valence-corrected chi connectivity index (χ3v) is 2.73. The summed E-state index contributed by atoms with van der Waals surface area (Å²) in [6.45, 7) is 1.92. The number of ether oxygens (including phenoxy) is 1. The summed E-state index contributed by atoms with van der Waals surface area (Å²) in [4.78, 5) is 24.1. The molecule has 5 heteroatoms. The number of amides is 1. The van der Waals surface area contributed by atoms with E-state index in [0.29, 0.717) is 12.1 Å². The smallest absolute Gasteiger partial charge is 0.415 e. The Kier molecular flexibility index (Phi) is 2.99. The van der Waals surface area contributed by atoms with Crippen molar-refractivity contribution in [1.82, 2.24) is 0 Å². The van der Waals surface area contributed by atoms with Gasteiger partial charge in [0.15, 0.2) is 0 Å². The zero-order valence-corrected chi connectivity index (χ0v) is 9.42. The molecule has 0 spiro atoms. The molecule has 17 heavy (non-hydrogen) atoms. The summed E-state index contributed by atoms with van der Waals surface area (Å²) < 4.78 is 4.89. The zero-order valence-electron chi connectivity index (χ0n) is 9.42. The van der Waals surface area contributed by atoms with Crippen molar-refractivity contribution < 1.29 is 19.4 Å². The van der Waals surface area contributed by atoms with Crippen LogP contribution in [0.25, 0.3) is 0 Å². The number of hydrogen-bond donors (Lipinski definition) is 1. The summed E-state index contributed by atoms with van der Waals surface area (Å²) in [5.74, 6) is -1.02. The van der Waals surface area contributed by atoms with Crippen LogP contribution in [0.4, 0.5) is 10.5 Å². The number of fused-ring (bicyclic) bond motifs is 1. The second-order valence-electron chi connectivity index (χ2n) is 3.76. The molecule has 1 aromatic carbocycles. The molecule has 2 rings (SSSR count). The first-order chi connectivity index (χ1) is 8.15. The number of carboxylic acids is 1. The van der Waals surface area contributed by atoms with Crippen molar-refractivity contribution in [3.63, 3.8) is 0 Å². The molecule has 0 saturated carbocycles. The Morgan fingerprint density at radius 1 is 1.47 bits per heavy atom. The molecular formula is C12H13NO4. The number of aliphatic carboxylic acids is 1. The van der Waals surface area contributed by atoms with E-state index in [9.17, 15) is 9.59 Å². The fourth-order valence-corrected chi connectivity index (χ4v) is 2.00. The first kappa shape index (κ1) is 11.4. The van der Waals surface area contributed by atoms with Gasteiger partial charge < -0.3 is 9.84 Å². The Morgan fingerprint density at radius 2 is 2.18 bits per heavy atom. The molecular weight excluding hydrogens is 222 g/mol. The molecule has 0 bridgehead atoms. The van der Waals surface area contributed by atoms with Crippen LogP contribution in [-0.4, -0.2) is 29.8 Å². The number of benzene rings is 1. The van der Waals surface area contributed by atoms with Gasteiger partial charge in [0.05, 0.1) is 12.3 Å². The maximum atomic E-state index is 11.8. The molecule has 1 aromatic rings. The van der Waals surface area contributed by atoms with E-state index in [1.807, 2.05) is 12.1 Å². The van der Waals surface area contributed by atoms with Crippen molar-refractivity contribution in [1.29, 1.82) is 0 Å². The number of anilines is 1. The van der Waals surface area contributed by atoms with Crippen molar-refractivity contribution in [3.8, 4) is 0 Å². The van der Waals surface area contributed by atoms with Gasteiger partial charge >= 0.3 is 12.1 Å². The van der Waals surface area contributed by atoms with E-state index < -0.39 is 18.1 Å². The molecule has 1 heterocycles. The van der Waals surface area contributed by atoms with Crippen LogP contribution >= 0.6 is 0 Å². The summed E-state index contributed by atoms with van der Waals surface area (Å²) in [7, 11) is 0. The average Bonchev–Trinajstić information content (AvgIpc) is 2.68. The quantitative estimate of drug-likeness (QED) is 0.846. The minimum atomic E-state index is -1.02. The highest BCUT2D eigenvalue weighted by atomic mass is 16.6. The number of carbonyl (C=O) groups excluding carboxylic acids is 1. The fourth-order valence-electron chi connectivity index (χ4n) is 2.00. The second kappa shape index (κ2) is 4.45. The third kappa shape index (κ3) is 1.95. The van der Waals surface area contributed by atoms with E-state index in [1.165, 1.54) is 4.90 Å². The Balaban J connectivity index is 2.37. The molecule has 90 valence electrons. The summed E-state index contributed by atoms with van der Waals surface area (Å²) in [5, 5.41) is 9.12. The van der Waals surface area contributed by atoms with Gasteiger partial charge in [-0.25, -0.2) is 9.59 Å². The number of rotatable bonds is 2. The van der Waals surface area contributed by atoms with Gasteiger partial charge in [0.1, 0.15) is 6.04 Å². The van der Waals surface area contributed by atoms with E-state index in [-0.39, 0.29) is 6.61 Å². The van der Waals surface area contributed by atoms with Crippen molar-refractivity contribution in [2.45, 2.75) is 19.4 Å². The standard InChI is InChI=1S/C12H13NO4/c1-2-17-12(16)13-9-6-4-3-5-8(9)7-10(13)11(14)15/h3-6,10H,2,7H2,1H3,(H,14,15). The van der Waals surface area contributed by atoms with Crippen molar-refractivity contribution in [2.24, 2.45) is 0 Å². The van der Waals surface area contributed by atoms with E-state index in [2.05, 4.69) is 0 Å².